The largest absolute Gasteiger partial charge is 0.489 e. The number of ether oxygens (including phenoxy) is 1. The lowest BCUT2D eigenvalue weighted by molar-refractivity contribution is 0.307. The maximum absolute atomic E-state index is 5.94. The van der Waals surface area contributed by atoms with E-state index in [1.54, 1.807) is 0 Å². The number of halogens is 1. The second-order valence-corrected chi connectivity index (χ2v) is 4.82. The molecule has 0 saturated carbocycles. The molecule has 0 radical (unpaired) electrons. The standard InChI is InChI=1S/C17H13ClO/c18-15-8-4-9-16(11-15)19-12-14-7-3-6-13-5-1-2-10-17(13)14/h1-11H,12H2. The Morgan fingerprint density at radius 1 is 0.842 bits per heavy atom. The molecule has 0 amide bonds. The van der Waals surface area contributed by atoms with E-state index in [1.165, 1.54) is 16.3 Å². The van der Waals surface area contributed by atoms with Crippen molar-refractivity contribution in [3.8, 4) is 5.75 Å². The van der Waals surface area contributed by atoms with Gasteiger partial charge in [0.25, 0.3) is 0 Å². The summed E-state index contributed by atoms with van der Waals surface area (Å²) in [5.74, 6) is 0.792. The Morgan fingerprint density at radius 2 is 1.63 bits per heavy atom. The Balaban J connectivity index is 1.86. The maximum Gasteiger partial charge on any atom is 0.121 e. The molecule has 0 bridgehead atoms. The number of rotatable bonds is 3. The first-order valence-electron chi connectivity index (χ1n) is 6.18. The number of fused-ring (bicyclic) bond motifs is 1. The molecule has 0 heterocycles. The van der Waals surface area contributed by atoms with Crippen molar-refractivity contribution in [3.63, 3.8) is 0 Å². The monoisotopic (exact) mass is 268 g/mol. The van der Waals surface area contributed by atoms with Crippen molar-refractivity contribution in [3.05, 3.63) is 77.3 Å². The van der Waals surface area contributed by atoms with Crippen LogP contribution in [0.25, 0.3) is 10.8 Å². The van der Waals surface area contributed by atoms with Gasteiger partial charge in [-0.05, 0) is 34.5 Å². The Hall–Kier alpha value is -1.99. The highest BCUT2D eigenvalue weighted by Gasteiger charge is 2.01. The van der Waals surface area contributed by atoms with E-state index in [4.69, 9.17) is 16.3 Å². The third-order valence-electron chi connectivity index (χ3n) is 3.07. The highest BCUT2D eigenvalue weighted by Crippen LogP contribution is 2.22. The zero-order valence-electron chi connectivity index (χ0n) is 10.3. The topological polar surface area (TPSA) is 9.23 Å². The summed E-state index contributed by atoms with van der Waals surface area (Å²) in [4.78, 5) is 0. The first-order chi connectivity index (χ1) is 9.33. The highest BCUT2D eigenvalue weighted by molar-refractivity contribution is 6.30. The number of benzene rings is 3. The zero-order valence-corrected chi connectivity index (χ0v) is 11.1. The second-order valence-electron chi connectivity index (χ2n) is 4.38. The molecule has 0 N–H and O–H groups in total. The molecule has 0 aromatic heterocycles. The summed E-state index contributed by atoms with van der Waals surface area (Å²) in [6.45, 7) is 0.543. The maximum atomic E-state index is 5.94. The van der Waals surface area contributed by atoms with Gasteiger partial charge in [0, 0.05) is 5.02 Å². The lowest BCUT2D eigenvalue weighted by Crippen LogP contribution is -1.96. The van der Waals surface area contributed by atoms with Gasteiger partial charge < -0.3 is 4.74 Å². The summed E-state index contributed by atoms with van der Waals surface area (Å²) in [6, 6.07) is 22.0. The van der Waals surface area contributed by atoms with Crippen LogP contribution in [0, 0.1) is 0 Å². The average Bonchev–Trinajstić information content (AvgIpc) is 2.45. The summed E-state index contributed by atoms with van der Waals surface area (Å²) in [6.07, 6.45) is 0. The second kappa shape index (κ2) is 5.33. The summed E-state index contributed by atoms with van der Waals surface area (Å²) >= 11 is 5.94. The minimum absolute atomic E-state index is 0.543. The van der Waals surface area contributed by atoms with E-state index in [2.05, 4.69) is 30.3 Å². The van der Waals surface area contributed by atoms with Gasteiger partial charge in [0.1, 0.15) is 12.4 Å². The minimum atomic E-state index is 0.543. The molecule has 1 nitrogen and oxygen atoms in total. The van der Waals surface area contributed by atoms with Gasteiger partial charge in [-0.15, -0.1) is 0 Å². The number of hydrogen-bond donors (Lipinski definition) is 0. The first-order valence-corrected chi connectivity index (χ1v) is 6.56. The molecule has 19 heavy (non-hydrogen) atoms. The third kappa shape index (κ3) is 2.72. The van der Waals surface area contributed by atoms with Gasteiger partial charge in [0.15, 0.2) is 0 Å². The van der Waals surface area contributed by atoms with Crippen molar-refractivity contribution in [1.29, 1.82) is 0 Å². The summed E-state index contributed by atoms with van der Waals surface area (Å²) in [5.41, 5.74) is 1.18. The third-order valence-corrected chi connectivity index (χ3v) is 3.31. The van der Waals surface area contributed by atoms with Crippen LogP contribution >= 0.6 is 11.6 Å². The van der Waals surface area contributed by atoms with Crippen LogP contribution in [0.5, 0.6) is 5.75 Å². The molecule has 0 atom stereocenters. The fourth-order valence-electron chi connectivity index (χ4n) is 2.14. The molecule has 0 fully saturated rings. The van der Waals surface area contributed by atoms with E-state index < -0.39 is 0 Å². The van der Waals surface area contributed by atoms with E-state index in [1.807, 2.05) is 36.4 Å². The molecule has 2 heteroatoms. The molecule has 3 aromatic carbocycles. The van der Waals surface area contributed by atoms with Crippen molar-refractivity contribution >= 4 is 22.4 Å². The van der Waals surface area contributed by atoms with Gasteiger partial charge >= 0.3 is 0 Å². The summed E-state index contributed by atoms with van der Waals surface area (Å²) in [7, 11) is 0. The van der Waals surface area contributed by atoms with Crippen molar-refractivity contribution in [2.24, 2.45) is 0 Å². The van der Waals surface area contributed by atoms with Crippen molar-refractivity contribution in [2.45, 2.75) is 6.61 Å². The van der Waals surface area contributed by atoms with E-state index >= 15 is 0 Å². The minimum Gasteiger partial charge on any atom is -0.489 e. The molecule has 3 rings (SSSR count). The van der Waals surface area contributed by atoms with E-state index in [0.717, 1.165) is 5.75 Å². The van der Waals surface area contributed by atoms with Gasteiger partial charge in [0.05, 0.1) is 0 Å². The first kappa shape index (κ1) is 12.1. The van der Waals surface area contributed by atoms with Crippen LogP contribution in [-0.2, 0) is 6.61 Å². The predicted octanol–water partition coefficient (Wildman–Crippen LogP) is 5.07. The Bertz CT molecular complexity index is 701. The van der Waals surface area contributed by atoms with Gasteiger partial charge in [-0.3, -0.25) is 0 Å². The normalized spacial score (nSPS) is 10.6. The van der Waals surface area contributed by atoms with Crippen LogP contribution in [0.15, 0.2) is 66.7 Å². The molecule has 0 unspecified atom stereocenters. The van der Waals surface area contributed by atoms with Gasteiger partial charge in [-0.2, -0.15) is 0 Å². The average molecular weight is 269 g/mol. The molecule has 94 valence electrons. The van der Waals surface area contributed by atoms with Crippen LogP contribution in [0.2, 0.25) is 5.02 Å². The zero-order chi connectivity index (χ0) is 13.1. The van der Waals surface area contributed by atoms with Crippen molar-refractivity contribution in [2.75, 3.05) is 0 Å². The summed E-state index contributed by atoms with van der Waals surface area (Å²) < 4.78 is 5.80. The van der Waals surface area contributed by atoms with Crippen molar-refractivity contribution < 1.29 is 4.74 Å². The molecule has 0 aliphatic rings. The Kier molecular flexibility index (Phi) is 3.39. The van der Waals surface area contributed by atoms with Crippen LogP contribution < -0.4 is 4.74 Å². The van der Waals surface area contributed by atoms with Gasteiger partial charge in [-0.1, -0.05) is 60.1 Å². The van der Waals surface area contributed by atoms with E-state index in [9.17, 15) is 0 Å². The van der Waals surface area contributed by atoms with Gasteiger partial charge in [0.2, 0.25) is 0 Å². The molecular weight excluding hydrogens is 256 g/mol. The van der Waals surface area contributed by atoms with Gasteiger partial charge in [-0.25, -0.2) is 0 Å². The quantitative estimate of drug-likeness (QED) is 0.644. The smallest absolute Gasteiger partial charge is 0.121 e. The van der Waals surface area contributed by atoms with Crippen LogP contribution in [0.4, 0.5) is 0 Å². The van der Waals surface area contributed by atoms with Crippen LogP contribution in [0.3, 0.4) is 0 Å². The fraction of sp³-hybridized carbons (Fsp3) is 0.0588. The number of hydrogen-bond acceptors (Lipinski definition) is 1. The molecule has 0 aliphatic carbocycles. The lowest BCUT2D eigenvalue weighted by Gasteiger charge is -2.09. The van der Waals surface area contributed by atoms with Crippen LogP contribution in [0.1, 0.15) is 5.56 Å². The molecule has 3 aromatic rings. The Labute approximate surface area is 117 Å². The SMILES string of the molecule is Clc1cccc(OCc2cccc3ccccc23)c1. The Morgan fingerprint density at radius 3 is 2.53 bits per heavy atom. The molecule has 0 aliphatic heterocycles. The van der Waals surface area contributed by atoms with E-state index in [-0.39, 0.29) is 0 Å². The molecular formula is C17H13ClO. The predicted molar refractivity (Wildman–Crippen MR) is 79.7 cm³/mol. The van der Waals surface area contributed by atoms with Crippen molar-refractivity contribution in [1.82, 2.24) is 0 Å². The summed E-state index contributed by atoms with van der Waals surface area (Å²) in [5, 5.41) is 3.15. The highest BCUT2D eigenvalue weighted by atomic mass is 35.5. The molecule has 0 spiro atoms. The molecule has 0 saturated heterocycles. The van der Waals surface area contributed by atoms with Crippen LogP contribution in [-0.4, -0.2) is 0 Å². The fourth-order valence-corrected chi connectivity index (χ4v) is 2.32. The van der Waals surface area contributed by atoms with E-state index in [0.29, 0.717) is 11.6 Å². The lowest BCUT2D eigenvalue weighted by atomic mass is 10.1.